The predicted molar refractivity (Wildman–Crippen MR) is 210 cm³/mol. The van der Waals surface area contributed by atoms with Gasteiger partial charge in [-0.25, -0.2) is 15.0 Å². The highest BCUT2D eigenvalue weighted by Crippen LogP contribution is 2.64. The van der Waals surface area contributed by atoms with Crippen molar-refractivity contribution in [1.29, 1.82) is 0 Å². The molecule has 7 aromatic carbocycles. The van der Waals surface area contributed by atoms with Crippen LogP contribution in [0.3, 0.4) is 0 Å². The smallest absolute Gasteiger partial charge is 0.164 e. The summed E-state index contributed by atoms with van der Waals surface area (Å²) in [5.41, 5.74) is 10.2. The Bertz CT molecular complexity index is 2740. The van der Waals surface area contributed by atoms with Gasteiger partial charge in [0.2, 0.25) is 0 Å². The average Bonchev–Trinajstić information content (AvgIpc) is 3.72. The van der Waals surface area contributed by atoms with Crippen LogP contribution in [0.2, 0.25) is 0 Å². The fourth-order valence-electron chi connectivity index (χ4n) is 8.28. The van der Waals surface area contributed by atoms with E-state index in [9.17, 15) is 0 Å². The van der Waals surface area contributed by atoms with Crippen molar-refractivity contribution >= 4 is 43.3 Å². The summed E-state index contributed by atoms with van der Waals surface area (Å²) in [6, 6.07) is 58.9. The van der Waals surface area contributed by atoms with Crippen LogP contribution in [-0.2, 0) is 5.41 Å². The zero-order valence-corrected chi connectivity index (χ0v) is 28.9. The number of rotatable bonds is 3. The number of benzene rings is 7. The van der Waals surface area contributed by atoms with E-state index in [0.29, 0.717) is 17.5 Å². The molecule has 238 valence electrons. The van der Waals surface area contributed by atoms with Gasteiger partial charge >= 0.3 is 0 Å². The summed E-state index contributed by atoms with van der Waals surface area (Å²) < 4.78 is 2.62. The molecule has 0 radical (unpaired) electrons. The summed E-state index contributed by atoms with van der Waals surface area (Å²) in [7, 11) is 0. The molecule has 3 nitrogen and oxygen atoms in total. The second-order valence-corrected chi connectivity index (χ2v) is 15.3. The summed E-state index contributed by atoms with van der Waals surface area (Å²) in [4.78, 5) is 17.9. The van der Waals surface area contributed by atoms with E-state index >= 15 is 0 Å². The lowest BCUT2D eigenvalue weighted by molar-refractivity contribution is 0.723. The largest absolute Gasteiger partial charge is 0.208 e. The Morgan fingerprint density at radius 1 is 0.412 bits per heavy atom. The van der Waals surface area contributed by atoms with Gasteiger partial charge in [0.25, 0.3) is 0 Å². The van der Waals surface area contributed by atoms with Gasteiger partial charge in [-0.2, -0.15) is 0 Å². The standard InChI is InChI=1S/C46H27N3S2/c1-3-13-28(14-4-1)43-47-44(29-15-5-2-6-16-29)49-45(48-43)30-23-24-31-36(27-30)46(33-18-8-11-21-38(33)51-39-22-12-9-19-34(39)46)35-25-26-40-42(41(31)35)32-17-7-10-20-37(32)50-40/h1-27H. The van der Waals surface area contributed by atoms with Crippen LogP contribution in [0.15, 0.2) is 174 Å². The van der Waals surface area contributed by atoms with E-state index in [-0.39, 0.29) is 0 Å². The van der Waals surface area contributed by atoms with Gasteiger partial charge < -0.3 is 0 Å². The molecule has 0 saturated heterocycles. The molecule has 51 heavy (non-hydrogen) atoms. The second-order valence-electron chi connectivity index (χ2n) is 13.1. The molecule has 0 unspecified atom stereocenters. The van der Waals surface area contributed by atoms with Crippen molar-refractivity contribution in [3.8, 4) is 45.3 Å². The van der Waals surface area contributed by atoms with Crippen molar-refractivity contribution in [2.75, 3.05) is 0 Å². The highest BCUT2D eigenvalue weighted by atomic mass is 32.2. The fourth-order valence-corrected chi connectivity index (χ4v) is 10.6. The van der Waals surface area contributed by atoms with Crippen molar-refractivity contribution in [3.05, 3.63) is 186 Å². The second kappa shape index (κ2) is 11.1. The van der Waals surface area contributed by atoms with Gasteiger partial charge in [-0.3, -0.25) is 0 Å². The summed E-state index contributed by atoms with van der Waals surface area (Å²) in [5, 5.41) is 2.65. The molecule has 0 atom stereocenters. The molecule has 2 aliphatic rings. The van der Waals surface area contributed by atoms with Gasteiger partial charge in [0.15, 0.2) is 17.5 Å². The first-order chi connectivity index (χ1) is 25.3. The maximum absolute atomic E-state index is 5.15. The quantitative estimate of drug-likeness (QED) is 0.186. The first-order valence-electron chi connectivity index (χ1n) is 17.1. The molecule has 0 saturated carbocycles. The van der Waals surface area contributed by atoms with Gasteiger partial charge in [-0.05, 0) is 63.7 Å². The van der Waals surface area contributed by atoms with Crippen LogP contribution in [0, 0.1) is 0 Å². The number of aromatic nitrogens is 3. The lowest BCUT2D eigenvalue weighted by Gasteiger charge is -2.39. The van der Waals surface area contributed by atoms with E-state index in [1.165, 1.54) is 63.3 Å². The molecule has 5 heteroatoms. The zero-order valence-electron chi connectivity index (χ0n) is 27.2. The summed E-state index contributed by atoms with van der Waals surface area (Å²) in [5.74, 6) is 1.98. The van der Waals surface area contributed by atoms with Gasteiger partial charge in [0, 0.05) is 46.7 Å². The Kier molecular flexibility index (Phi) is 6.27. The molecule has 0 N–H and O–H groups in total. The van der Waals surface area contributed by atoms with Gasteiger partial charge in [-0.1, -0.05) is 145 Å². The number of hydrogen-bond acceptors (Lipinski definition) is 5. The van der Waals surface area contributed by atoms with Crippen LogP contribution in [0.25, 0.3) is 65.5 Å². The van der Waals surface area contributed by atoms with Crippen LogP contribution in [0.1, 0.15) is 22.3 Å². The lowest BCUT2D eigenvalue weighted by atomic mass is 9.67. The minimum Gasteiger partial charge on any atom is -0.208 e. The Morgan fingerprint density at radius 3 is 1.65 bits per heavy atom. The molecule has 11 rings (SSSR count). The van der Waals surface area contributed by atoms with E-state index in [2.05, 4.69) is 127 Å². The molecular formula is C46H27N3S2. The summed E-state index contributed by atoms with van der Waals surface area (Å²) in [6.45, 7) is 0. The topological polar surface area (TPSA) is 38.7 Å². The number of thiophene rings is 1. The first-order valence-corrected chi connectivity index (χ1v) is 18.7. The Balaban J connectivity index is 1.25. The third-order valence-corrected chi connectivity index (χ3v) is 12.7. The van der Waals surface area contributed by atoms with E-state index in [1.807, 2.05) is 59.5 Å². The van der Waals surface area contributed by atoms with Crippen molar-refractivity contribution in [3.63, 3.8) is 0 Å². The monoisotopic (exact) mass is 685 g/mol. The predicted octanol–water partition coefficient (Wildman–Crippen LogP) is 12.1. The SMILES string of the molecule is c1ccc(-c2nc(-c3ccccc3)nc(-c3ccc4c(c3)C3(c5ccccc5Sc5ccccc53)c3ccc5sc6ccccc6c5c3-4)n2)cc1. The number of fused-ring (bicyclic) bond motifs is 13. The number of hydrogen-bond donors (Lipinski definition) is 0. The van der Waals surface area contributed by atoms with Crippen molar-refractivity contribution in [2.45, 2.75) is 15.2 Å². The highest BCUT2D eigenvalue weighted by Gasteiger charge is 2.51. The van der Waals surface area contributed by atoms with Crippen LogP contribution >= 0.6 is 23.1 Å². The van der Waals surface area contributed by atoms with Gasteiger partial charge in [-0.15, -0.1) is 11.3 Å². The van der Waals surface area contributed by atoms with Crippen LogP contribution in [-0.4, -0.2) is 15.0 Å². The van der Waals surface area contributed by atoms with E-state index < -0.39 is 5.41 Å². The zero-order chi connectivity index (χ0) is 33.5. The fraction of sp³-hybridized carbons (Fsp3) is 0.0217. The molecular weight excluding hydrogens is 659 g/mol. The lowest BCUT2D eigenvalue weighted by Crippen LogP contribution is -2.32. The molecule has 9 aromatic rings. The Hall–Kier alpha value is -5.88. The molecule has 0 bridgehead atoms. The number of nitrogens with zero attached hydrogens (tertiary/aromatic N) is 3. The first kappa shape index (κ1) is 28.9. The summed E-state index contributed by atoms with van der Waals surface area (Å²) >= 11 is 3.75. The van der Waals surface area contributed by atoms with Crippen LogP contribution in [0.5, 0.6) is 0 Å². The molecule has 1 aliphatic carbocycles. The maximum Gasteiger partial charge on any atom is 0.164 e. The van der Waals surface area contributed by atoms with Crippen molar-refractivity contribution < 1.29 is 0 Å². The van der Waals surface area contributed by atoms with Crippen LogP contribution < -0.4 is 0 Å². The minimum absolute atomic E-state index is 0.520. The third kappa shape index (κ3) is 4.16. The Labute approximate surface area is 303 Å². The molecule has 2 aromatic heterocycles. The molecule has 0 fully saturated rings. The molecule has 1 aliphatic heterocycles. The van der Waals surface area contributed by atoms with Gasteiger partial charge in [0.1, 0.15) is 0 Å². The van der Waals surface area contributed by atoms with E-state index in [4.69, 9.17) is 15.0 Å². The van der Waals surface area contributed by atoms with Crippen molar-refractivity contribution in [2.24, 2.45) is 0 Å². The minimum atomic E-state index is -0.520. The molecule has 3 heterocycles. The molecule has 1 spiro atoms. The molecule has 0 amide bonds. The maximum atomic E-state index is 5.15. The third-order valence-electron chi connectivity index (χ3n) is 10.4. The van der Waals surface area contributed by atoms with E-state index in [1.54, 1.807) is 0 Å². The highest BCUT2D eigenvalue weighted by molar-refractivity contribution is 7.99. The summed E-state index contributed by atoms with van der Waals surface area (Å²) in [6.07, 6.45) is 0. The van der Waals surface area contributed by atoms with Crippen LogP contribution in [0.4, 0.5) is 0 Å². The van der Waals surface area contributed by atoms with Gasteiger partial charge in [0.05, 0.1) is 5.41 Å². The average molecular weight is 686 g/mol. The Morgan fingerprint density at radius 2 is 0.980 bits per heavy atom. The van der Waals surface area contributed by atoms with Crippen molar-refractivity contribution in [1.82, 2.24) is 15.0 Å². The van der Waals surface area contributed by atoms with E-state index in [0.717, 1.165) is 16.7 Å². The normalized spacial score (nSPS) is 13.6.